The highest BCUT2D eigenvalue weighted by molar-refractivity contribution is 7.14. The second-order valence-corrected chi connectivity index (χ2v) is 6.32. The van der Waals surface area contributed by atoms with Crippen LogP contribution in [0.3, 0.4) is 0 Å². The Morgan fingerprint density at radius 2 is 1.75 bits per heavy atom. The van der Waals surface area contributed by atoms with Crippen LogP contribution < -0.4 is 4.90 Å². The standard InChI is InChI=1S/C20H20N2OS/c1-3-15-10-12-17(13-11-15)19(23)22(4-2)20-21-18(14-24-20)16-8-6-5-7-9-16/h5-14H,3-4H2,1-2H3. The summed E-state index contributed by atoms with van der Waals surface area (Å²) in [6.45, 7) is 4.67. The van der Waals surface area contributed by atoms with E-state index in [0.717, 1.165) is 22.8 Å². The van der Waals surface area contributed by atoms with Crippen molar-refractivity contribution < 1.29 is 4.79 Å². The highest BCUT2D eigenvalue weighted by Gasteiger charge is 2.19. The van der Waals surface area contributed by atoms with Gasteiger partial charge in [0.15, 0.2) is 5.13 Å². The minimum atomic E-state index is -0.00545. The van der Waals surface area contributed by atoms with E-state index in [1.807, 2.05) is 66.9 Å². The zero-order valence-corrected chi connectivity index (χ0v) is 14.7. The largest absolute Gasteiger partial charge is 0.284 e. The van der Waals surface area contributed by atoms with Gasteiger partial charge in [-0.15, -0.1) is 11.3 Å². The zero-order valence-electron chi connectivity index (χ0n) is 13.9. The summed E-state index contributed by atoms with van der Waals surface area (Å²) in [5.41, 5.74) is 3.90. The predicted octanol–water partition coefficient (Wildman–Crippen LogP) is 5.04. The fourth-order valence-corrected chi connectivity index (χ4v) is 3.43. The lowest BCUT2D eigenvalue weighted by molar-refractivity contribution is 0.0988. The molecule has 1 aromatic heterocycles. The van der Waals surface area contributed by atoms with Gasteiger partial charge < -0.3 is 0 Å². The van der Waals surface area contributed by atoms with E-state index in [1.165, 1.54) is 16.9 Å². The first kappa shape index (κ1) is 16.4. The van der Waals surface area contributed by atoms with Gasteiger partial charge >= 0.3 is 0 Å². The van der Waals surface area contributed by atoms with Crippen molar-refractivity contribution in [2.45, 2.75) is 20.3 Å². The van der Waals surface area contributed by atoms with Gasteiger partial charge in [0, 0.05) is 23.1 Å². The molecule has 1 heterocycles. The highest BCUT2D eigenvalue weighted by Crippen LogP contribution is 2.28. The molecule has 2 aromatic carbocycles. The van der Waals surface area contributed by atoms with Crippen molar-refractivity contribution in [1.82, 2.24) is 4.98 Å². The summed E-state index contributed by atoms with van der Waals surface area (Å²) in [6.07, 6.45) is 0.971. The van der Waals surface area contributed by atoms with E-state index in [0.29, 0.717) is 12.1 Å². The van der Waals surface area contributed by atoms with Crippen molar-refractivity contribution in [2.75, 3.05) is 11.4 Å². The van der Waals surface area contributed by atoms with Crippen LogP contribution in [0, 0.1) is 0 Å². The van der Waals surface area contributed by atoms with E-state index < -0.39 is 0 Å². The monoisotopic (exact) mass is 336 g/mol. The maximum Gasteiger partial charge on any atom is 0.260 e. The molecule has 0 bridgehead atoms. The van der Waals surface area contributed by atoms with Gasteiger partial charge in [0.1, 0.15) is 0 Å². The van der Waals surface area contributed by atoms with Gasteiger partial charge in [-0.2, -0.15) is 0 Å². The summed E-state index contributed by atoms with van der Waals surface area (Å²) in [5, 5.41) is 2.74. The summed E-state index contributed by atoms with van der Waals surface area (Å²) in [6, 6.07) is 17.8. The molecule has 0 saturated heterocycles. The normalized spacial score (nSPS) is 10.6. The molecule has 3 rings (SSSR count). The molecular weight excluding hydrogens is 316 g/mol. The molecule has 0 atom stereocenters. The highest BCUT2D eigenvalue weighted by atomic mass is 32.1. The van der Waals surface area contributed by atoms with Crippen LogP contribution in [0.5, 0.6) is 0 Å². The number of rotatable bonds is 5. The first-order valence-electron chi connectivity index (χ1n) is 8.14. The fourth-order valence-electron chi connectivity index (χ4n) is 2.53. The van der Waals surface area contributed by atoms with Crippen LogP contribution >= 0.6 is 11.3 Å². The Morgan fingerprint density at radius 3 is 2.38 bits per heavy atom. The predicted molar refractivity (Wildman–Crippen MR) is 101 cm³/mol. The third-order valence-electron chi connectivity index (χ3n) is 3.96. The van der Waals surface area contributed by atoms with Crippen LogP contribution in [0.2, 0.25) is 0 Å². The maximum absolute atomic E-state index is 12.8. The van der Waals surface area contributed by atoms with E-state index in [-0.39, 0.29) is 5.91 Å². The van der Waals surface area contributed by atoms with Gasteiger partial charge in [-0.3, -0.25) is 9.69 Å². The molecule has 0 aliphatic carbocycles. The second kappa shape index (κ2) is 7.41. The number of benzene rings is 2. The Balaban J connectivity index is 1.85. The molecule has 0 N–H and O–H groups in total. The zero-order chi connectivity index (χ0) is 16.9. The van der Waals surface area contributed by atoms with Gasteiger partial charge in [-0.25, -0.2) is 4.98 Å². The average molecular weight is 336 g/mol. The molecule has 24 heavy (non-hydrogen) atoms. The van der Waals surface area contributed by atoms with Crippen molar-refractivity contribution in [1.29, 1.82) is 0 Å². The fraction of sp³-hybridized carbons (Fsp3) is 0.200. The third-order valence-corrected chi connectivity index (χ3v) is 4.83. The molecule has 3 nitrogen and oxygen atoms in total. The van der Waals surface area contributed by atoms with Crippen molar-refractivity contribution >= 4 is 22.4 Å². The lowest BCUT2D eigenvalue weighted by atomic mass is 10.1. The number of carbonyl (C=O) groups is 1. The number of carbonyl (C=O) groups excluding carboxylic acids is 1. The Bertz CT molecular complexity index is 809. The Kier molecular flexibility index (Phi) is 5.06. The lowest BCUT2D eigenvalue weighted by Gasteiger charge is -2.17. The molecule has 0 fully saturated rings. The third kappa shape index (κ3) is 3.39. The quantitative estimate of drug-likeness (QED) is 0.654. The number of aryl methyl sites for hydroxylation is 1. The Morgan fingerprint density at radius 1 is 1.04 bits per heavy atom. The molecular formula is C20H20N2OS. The first-order chi connectivity index (χ1) is 11.7. The number of aromatic nitrogens is 1. The van der Waals surface area contributed by atoms with Crippen LogP contribution in [-0.4, -0.2) is 17.4 Å². The molecule has 0 saturated carbocycles. The van der Waals surface area contributed by atoms with Crippen molar-refractivity contribution in [3.8, 4) is 11.3 Å². The number of hydrogen-bond donors (Lipinski definition) is 0. The van der Waals surface area contributed by atoms with Gasteiger partial charge in [0.05, 0.1) is 5.69 Å². The van der Waals surface area contributed by atoms with E-state index in [1.54, 1.807) is 4.90 Å². The van der Waals surface area contributed by atoms with Crippen molar-refractivity contribution in [3.05, 3.63) is 71.1 Å². The van der Waals surface area contributed by atoms with Gasteiger partial charge in [0.25, 0.3) is 5.91 Å². The molecule has 3 aromatic rings. The smallest absolute Gasteiger partial charge is 0.260 e. The summed E-state index contributed by atoms with van der Waals surface area (Å²) in [4.78, 5) is 19.2. The van der Waals surface area contributed by atoms with Gasteiger partial charge in [-0.05, 0) is 31.0 Å². The molecule has 0 radical (unpaired) electrons. The van der Waals surface area contributed by atoms with Crippen molar-refractivity contribution in [2.24, 2.45) is 0 Å². The van der Waals surface area contributed by atoms with Crippen LogP contribution in [0.15, 0.2) is 60.0 Å². The number of anilines is 1. The Hall–Kier alpha value is -2.46. The number of nitrogens with zero attached hydrogens (tertiary/aromatic N) is 2. The summed E-state index contributed by atoms with van der Waals surface area (Å²) in [5.74, 6) is -0.00545. The number of amides is 1. The molecule has 122 valence electrons. The molecule has 0 unspecified atom stereocenters. The van der Waals surface area contributed by atoms with E-state index >= 15 is 0 Å². The van der Waals surface area contributed by atoms with Gasteiger partial charge in [-0.1, -0.05) is 49.4 Å². The van der Waals surface area contributed by atoms with Crippen LogP contribution in [0.25, 0.3) is 11.3 Å². The van der Waals surface area contributed by atoms with Crippen molar-refractivity contribution in [3.63, 3.8) is 0 Å². The molecule has 1 amide bonds. The van der Waals surface area contributed by atoms with Gasteiger partial charge in [0.2, 0.25) is 0 Å². The molecule has 0 spiro atoms. The van der Waals surface area contributed by atoms with Crippen LogP contribution in [0.1, 0.15) is 29.8 Å². The first-order valence-corrected chi connectivity index (χ1v) is 9.02. The van der Waals surface area contributed by atoms with Crippen LogP contribution in [-0.2, 0) is 6.42 Å². The average Bonchev–Trinajstić information content (AvgIpc) is 3.13. The lowest BCUT2D eigenvalue weighted by Crippen LogP contribution is -2.30. The molecule has 0 aliphatic rings. The maximum atomic E-state index is 12.8. The van der Waals surface area contributed by atoms with Crippen LogP contribution in [0.4, 0.5) is 5.13 Å². The topological polar surface area (TPSA) is 33.2 Å². The SMILES string of the molecule is CCc1ccc(C(=O)N(CC)c2nc(-c3ccccc3)cs2)cc1. The number of thiazole rings is 1. The van der Waals surface area contributed by atoms with E-state index in [9.17, 15) is 4.79 Å². The second-order valence-electron chi connectivity index (χ2n) is 5.48. The minimum Gasteiger partial charge on any atom is -0.284 e. The van der Waals surface area contributed by atoms with E-state index in [2.05, 4.69) is 11.9 Å². The minimum absolute atomic E-state index is 0.00545. The summed E-state index contributed by atoms with van der Waals surface area (Å²) in [7, 11) is 0. The molecule has 0 aliphatic heterocycles. The summed E-state index contributed by atoms with van der Waals surface area (Å²) >= 11 is 1.50. The Labute approximate surface area is 146 Å². The summed E-state index contributed by atoms with van der Waals surface area (Å²) < 4.78 is 0. The molecule has 4 heteroatoms. The van der Waals surface area contributed by atoms with E-state index in [4.69, 9.17) is 0 Å². The number of hydrogen-bond acceptors (Lipinski definition) is 3.